The van der Waals surface area contributed by atoms with Gasteiger partial charge >= 0.3 is 12.0 Å². The third-order valence-corrected chi connectivity index (χ3v) is 4.29. The summed E-state index contributed by atoms with van der Waals surface area (Å²) in [7, 11) is -0.763. The Labute approximate surface area is 109 Å². The fraction of sp³-hybridized carbons (Fsp3) is 0.818. The van der Waals surface area contributed by atoms with Crippen molar-refractivity contribution < 1.29 is 18.9 Å². The van der Waals surface area contributed by atoms with Gasteiger partial charge in [0, 0.05) is 28.3 Å². The van der Waals surface area contributed by atoms with Crippen molar-refractivity contribution in [1.82, 2.24) is 10.6 Å². The lowest BCUT2D eigenvalue weighted by atomic mass is 10.1. The van der Waals surface area contributed by atoms with E-state index >= 15 is 0 Å². The second kappa shape index (κ2) is 7.35. The monoisotopic (exact) mass is 276 g/mol. The topological polar surface area (TPSA) is 95.5 Å². The maximum absolute atomic E-state index is 11.6. The number of carbonyl (C=O) groups is 2. The second-order valence-electron chi connectivity index (χ2n) is 4.42. The molecule has 1 heterocycles. The summed E-state index contributed by atoms with van der Waals surface area (Å²) >= 11 is 0. The van der Waals surface area contributed by atoms with Crippen LogP contribution in [0.4, 0.5) is 4.79 Å². The van der Waals surface area contributed by atoms with Gasteiger partial charge in [0.15, 0.2) is 0 Å². The van der Waals surface area contributed by atoms with Crippen LogP contribution in [0.3, 0.4) is 0 Å². The first-order chi connectivity index (χ1) is 8.52. The van der Waals surface area contributed by atoms with Crippen LogP contribution in [0, 0.1) is 0 Å². The molecule has 1 fully saturated rings. The van der Waals surface area contributed by atoms with Crippen molar-refractivity contribution in [3.05, 3.63) is 0 Å². The Kier molecular flexibility index (Phi) is 6.11. The average molecular weight is 276 g/mol. The quantitative estimate of drug-likeness (QED) is 0.679. The molecule has 104 valence electrons. The van der Waals surface area contributed by atoms with Gasteiger partial charge < -0.3 is 15.7 Å². The Bertz CT molecular complexity index is 325. The highest BCUT2D eigenvalue weighted by molar-refractivity contribution is 7.85. The highest BCUT2D eigenvalue weighted by atomic mass is 32.2. The highest BCUT2D eigenvalue weighted by Gasteiger charge is 2.22. The van der Waals surface area contributed by atoms with Gasteiger partial charge in [0.2, 0.25) is 0 Å². The van der Waals surface area contributed by atoms with E-state index in [1.165, 1.54) is 0 Å². The number of carboxylic acids is 1. The highest BCUT2D eigenvalue weighted by Crippen LogP contribution is 2.09. The molecule has 7 heteroatoms. The van der Waals surface area contributed by atoms with Crippen molar-refractivity contribution in [1.29, 1.82) is 0 Å². The summed E-state index contributed by atoms with van der Waals surface area (Å²) in [4.78, 5) is 22.5. The molecule has 1 aliphatic heterocycles. The van der Waals surface area contributed by atoms with Crippen molar-refractivity contribution in [2.75, 3.05) is 11.5 Å². The molecule has 0 aromatic carbocycles. The number of carboxylic acid groups (broad SMARTS) is 1. The summed E-state index contributed by atoms with van der Waals surface area (Å²) < 4.78 is 11.2. The lowest BCUT2D eigenvalue weighted by molar-refractivity contribution is -0.139. The summed E-state index contributed by atoms with van der Waals surface area (Å²) in [6.45, 7) is 1.87. The Morgan fingerprint density at radius 3 is 2.50 bits per heavy atom. The Hall–Kier alpha value is -1.11. The van der Waals surface area contributed by atoms with Gasteiger partial charge in [0.1, 0.15) is 6.04 Å². The van der Waals surface area contributed by atoms with Gasteiger partial charge in [-0.15, -0.1) is 0 Å². The predicted molar refractivity (Wildman–Crippen MR) is 68.9 cm³/mol. The molecular weight excluding hydrogens is 256 g/mol. The number of hydrogen-bond acceptors (Lipinski definition) is 3. The van der Waals surface area contributed by atoms with Gasteiger partial charge in [-0.05, 0) is 19.3 Å². The molecule has 0 saturated carbocycles. The lowest BCUT2D eigenvalue weighted by Crippen LogP contribution is -2.50. The van der Waals surface area contributed by atoms with E-state index in [0.717, 1.165) is 0 Å². The molecule has 0 aromatic heterocycles. The van der Waals surface area contributed by atoms with Crippen molar-refractivity contribution in [2.24, 2.45) is 0 Å². The van der Waals surface area contributed by atoms with Crippen LogP contribution in [-0.2, 0) is 15.6 Å². The molecule has 0 aliphatic carbocycles. The number of amides is 2. The van der Waals surface area contributed by atoms with Gasteiger partial charge in [-0.1, -0.05) is 13.3 Å². The zero-order chi connectivity index (χ0) is 13.5. The predicted octanol–water partition coefficient (Wildman–Crippen LogP) is 0.450. The van der Waals surface area contributed by atoms with Crippen molar-refractivity contribution in [2.45, 2.75) is 44.7 Å². The number of carbonyl (C=O) groups excluding carboxylic acids is 1. The van der Waals surface area contributed by atoms with Crippen molar-refractivity contribution in [3.8, 4) is 0 Å². The van der Waals surface area contributed by atoms with Crippen LogP contribution in [0.2, 0.25) is 0 Å². The van der Waals surface area contributed by atoms with Crippen molar-refractivity contribution >= 4 is 22.8 Å². The van der Waals surface area contributed by atoms with Gasteiger partial charge in [-0.3, -0.25) is 4.21 Å². The molecule has 1 rings (SSSR count). The van der Waals surface area contributed by atoms with Crippen LogP contribution in [0.15, 0.2) is 0 Å². The van der Waals surface area contributed by atoms with E-state index in [-0.39, 0.29) is 6.04 Å². The summed E-state index contributed by atoms with van der Waals surface area (Å²) in [5.41, 5.74) is 0. The molecule has 6 nitrogen and oxygen atoms in total. The molecule has 1 saturated heterocycles. The molecule has 2 amide bonds. The standard InChI is InChI=1S/C11H20N2O4S/c1-2-3-9(10(14)15)13-11(16)12-8-4-6-18(17)7-5-8/h8-9H,2-7H2,1H3,(H,14,15)(H2,12,13,16)/t8?,9-,18?/m1/s1. The number of hydrogen-bond donors (Lipinski definition) is 3. The SMILES string of the molecule is CCC[C@@H](NC(=O)NC1CCS(=O)CC1)C(=O)O. The fourth-order valence-corrected chi connectivity index (χ4v) is 3.17. The number of aliphatic carboxylic acids is 1. The zero-order valence-corrected chi connectivity index (χ0v) is 11.3. The fourth-order valence-electron chi connectivity index (χ4n) is 1.87. The lowest BCUT2D eigenvalue weighted by Gasteiger charge is -2.23. The van der Waals surface area contributed by atoms with Crippen molar-refractivity contribution in [3.63, 3.8) is 0 Å². The van der Waals surface area contributed by atoms with Crippen LogP contribution in [0.1, 0.15) is 32.6 Å². The van der Waals surface area contributed by atoms with Crippen LogP contribution in [0.5, 0.6) is 0 Å². The first-order valence-electron chi connectivity index (χ1n) is 6.17. The number of rotatable bonds is 5. The Balaban J connectivity index is 2.35. The first kappa shape index (κ1) is 14.9. The normalized spacial score (nSPS) is 25.2. The van der Waals surface area contributed by atoms with E-state index in [4.69, 9.17) is 5.11 Å². The van der Waals surface area contributed by atoms with E-state index in [2.05, 4.69) is 10.6 Å². The second-order valence-corrected chi connectivity index (χ2v) is 6.12. The van der Waals surface area contributed by atoms with E-state index in [1.54, 1.807) is 0 Å². The van der Waals surface area contributed by atoms with Gasteiger partial charge in [0.05, 0.1) is 0 Å². The Morgan fingerprint density at radius 1 is 1.39 bits per heavy atom. The van der Waals surface area contributed by atoms with Gasteiger partial charge in [0.25, 0.3) is 0 Å². The van der Waals surface area contributed by atoms with E-state index in [1.807, 2.05) is 6.92 Å². The minimum Gasteiger partial charge on any atom is -0.480 e. The summed E-state index contributed by atoms with van der Waals surface area (Å²) in [5, 5.41) is 14.1. The molecule has 0 unspecified atom stereocenters. The van der Waals surface area contributed by atoms with Crippen LogP contribution < -0.4 is 10.6 Å². The molecule has 0 aromatic rings. The molecule has 0 spiro atoms. The summed E-state index contributed by atoms with van der Waals surface area (Å²) in [6, 6.07) is -1.29. The maximum atomic E-state index is 11.6. The van der Waals surface area contributed by atoms with Crippen LogP contribution >= 0.6 is 0 Å². The van der Waals surface area contributed by atoms with Gasteiger partial charge in [-0.2, -0.15) is 0 Å². The van der Waals surface area contributed by atoms with E-state index in [0.29, 0.717) is 37.2 Å². The number of urea groups is 1. The van der Waals surface area contributed by atoms with Crippen LogP contribution in [-0.4, -0.2) is 44.9 Å². The van der Waals surface area contributed by atoms with Crippen LogP contribution in [0.25, 0.3) is 0 Å². The first-order valence-corrected chi connectivity index (χ1v) is 7.66. The third-order valence-electron chi connectivity index (χ3n) is 2.90. The summed E-state index contributed by atoms with van der Waals surface area (Å²) in [6.07, 6.45) is 2.48. The largest absolute Gasteiger partial charge is 0.480 e. The average Bonchev–Trinajstić information content (AvgIpc) is 2.31. The maximum Gasteiger partial charge on any atom is 0.326 e. The summed E-state index contributed by atoms with van der Waals surface area (Å²) in [5.74, 6) is 0.182. The molecular formula is C11H20N2O4S. The minimum atomic E-state index is -1.02. The zero-order valence-electron chi connectivity index (χ0n) is 10.5. The molecule has 18 heavy (non-hydrogen) atoms. The third kappa shape index (κ3) is 5.03. The molecule has 1 atom stereocenters. The Morgan fingerprint density at radius 2 is 2.00 bits per heavy atom. The van der Waals surface area contributed by atoms with Gasteiger partial charge in [-0.25, -0.2) is 9.59 Å². The van der Waals surface area contributed by atoms with E-state index < -0.39 is 28.8 Å². The minimum absolute atomic E-state index is 0.00114. The molecule has 1 aliphatic rings. The molecule has 0 radical (unpaired) electrons. The molecule has 3 N–H and O–H groups in total. The molecule has 0 bridgehead atoms. The van der Waals surface area contributed by atoms with E-state index in [9.17, 15) is 13.8 Å². The number of nitrogens with one attached hydrogen (secondary N) is 2. The smallest absolute Gasteiger partial charge is 0.326 e.